The summed E-state index contributed by atoms with van der Waals surface area (Å²) in [5.41, 5.74) is 1.52. The molecule has 0 fully saturated rings. The van der Waals surface area contributed by atoms with Gasteiger partial charge in [-0.2, -0.15) is 0 Å². The van der Waals surface area contributed by atoms with Crippen LogP contribution >= 0.6 is 0 Å². The molecule has 22 heavy (non-hydrogen) atoms. The van der Waals surface area contributed by atoms with Crippen LogP contribution in [-0.2, 0) is 0 Å². The zero-order chi connectivity index (χ0) is 15.7. The molecule has 5 nitrogen and oxygen atoms in total. The average molecular weight is 294 g/mol. The van der Waals surface area contributed by atoms with E-state index in [2.05, 4.69) is 10.3 Å². The summed E-state index contributed by atoms with van der Waals surface area (Å²) < 4.78 is 5.16. The van der Waals surface area contributed by atoms with E-state index in [9.17, 15) is 9.59 Å². The Balaban J connectivity index is 1.98. The van der Waals surface area contributed by atoms with Crippen molar-refractivity contribution in [2.24, 2.45) is 0 Å². The highest BCUT2D eigenvalue weighted by molar-refractivity contribution is 6.04. The highest BCUT2D eigenvalue weighted by Crippen LogP contribution is 2.14. The molecule has 0 bridgehead atoms. The maximum Gasteiger partial charge on any atom is 0.349 e. The molecule has 0 saturated carbocycles. The molecule has 0 saturated heterocycles. The molecule has 5 heteroatoms. The minimum Gasteiger partial charge on any atom is -0.422 e. The molecule has 0 atom stereocenters. The Hall–Kier alpha value is -2.95. The van der Waals surface area contributed by atoms with Gasteiger partial charge in [-0.3, -0.25) is 4.79 Å². The largest absolute Gasteiger partial charge is 0.422 e. The number of anilines is 1. The summed E-state index contributed by atoms with van der Waals surface area (Å²) in [5.74, 6) is -0.118. The average Bonchev–Trinajstić information content (AvgIpc) is 2.45. The molecule has 0 aliphatic carbocycles. The van der Waals surface area contributed by atoms with Gasteiger partial charge in [0.2, 0.25) is 0 Å². The molecule has 0 aliphatic rings. The van der Waals surface area contributed by atoms with Crippen LogP contribution < -0.4 is 10.9 Å². The zero-order valence-corrected chi connectivity index (χ0v) is 12.2. The third-order valence-electron chi connectivity index (χ3n) is 3.23. The third kappa shape index (κ3) is 2.74. The summed E-state index contributed by atoms with van der Waals surface area (Å²) in [7, 11) is 0. The van der Waals surface area contributed by atoms with Gasteiger partial charge in [-0.25, -0.2) is 9.78 Å². The maximum absolute atomic E-state index is 12.3. The first kappa shape index (κ1) is 14.0. The van der Waals surface area contributed by atoms with Crippen LogP contribution in [-0.4, -0.2) is 10.9 Å². The molecule has 0 unspecified atom stereocenters. The van der Waals surface area contributed by atoms with Gasteiger partial charge in [0.1, 0.15) is 17.0 Å². The number of rotatable bonds is 2. The van der Waals surface area contributed by atoms with E-state index in [1.54, 1.807) is 24.3 Å². The summed E-state index contributed by atoms with van der Waals surface area (Å²) >= 11 is 0. The van der Waals surface area contributed by atoms with Crippen LogP contribution in [0.5, 0.6) is 0 Å². The van der Waals surface area contributed by atoms with Crippen LogP contribution in [0.3, 0.4) is 0 Å². The number of carbonyl (C=O) groups is 1. The Morgan fingerprint density at radius 1 is 1.14 bits per heavy atom. The topological polar surface area (TPSA) is 72.2 Å². The summed E-state index contributed by atoms with van der Waals surface area (Å²) in [4.78, 5) is 28.5. The number of nitrogens with zero attached hydrogens (tertiary/aromatic N) is 1. The number of carbonyl (C=O) groups excluding carboxylic acids is 1. The van der Waals surface area contributed by atoms with Crippen LogP contribution in [0.15, 0.2) is 51.7 Å². The number of pyridine rings is 1. The second-order valence-electron chi connectivity index (χ2n) is 5.11. The van der Waals surface area contributed by atoms with Crippen LogP contribution in [0.25, 0.3) is 11.0 Å². The molecule has 1 amide bonds. The Bertz CT molecular complexity index is 908. The van der Waals surface area contributed by atoms with E-state index >= 15 is 0 Å². The lowest BCUT2D eigenvalue weighted by molar-refractivity contribution is 0.102. The van der Waals surface area contributed by atoms with Gasteiger partial charge in [-0.15, -0.1) is 0 Å². The summed E-state index contributed by atoms with van der Waals surface area (Å²) in [6.45, 7) is 3.75. The number of aromatic nitrogens is 1. The molecule has 110 valence electrons. The van der Waals surface area contributed by atoms with Gasteiger partial charge in [-0.1, -0.05) is 18.2 Å². The number of hydrogen-bond donors (Lipinski definition) is 1. The van der Waals surface area contributed by atoms with Gasteiger partial charge in [0.15, 0.2) is 0 Å². The van der Waals surface area contributed by atoms with E-state index in [1.807, 2.05) is 26.0 Å². The molecule has 2 aromatic heterocycles. The standard InChI is InChI=1S/C17H14N2O3/c1-10-7-11(2)18-15(8-10)19-16(20)13-9-12-5-3-4-6-14(12)22-17(13)21/h3-9H,1-2H3,(H,18,19,20). The molecule has 0 spiro atoms. The van der Waals surface area contributed by atoms with E-state index in [1.165, 1.54) is 6.07 Å². The van der Waals surface area contributed by atoms with Crippen molar-refractivity contribution in [2.75, 3.05) is 5.32 Å². The van der Waals surface area contributed by atoms with Crippen LogP contribution in [0.4, 0.5) is 5.82 Å². The molecule has 1 aromatic carbocycles. The minimum absolute atomic E-state index is 0.0420. The Morgan fingerprint density at radius 3 is 2.68 bits per heavy atom. The number of fused-ring (bicyclic) bond motifs is 1. The maximum atomic E-state index is 12.3. The second kappa shape index (κ2) is 5.44. The Kier molecular flexibility index (Phi) is 3.47. The first-order valence-corrected chi connectivity index (χ1v) is 6.82. The first-order chi connectivity index (χ1) is 10.5. The lowest BCUT2D eigenvalue weighted by atomic mass is 10.2. The van der Waals surface area contributed by atoms with E-state index in [4.69, 9.17) is 4.42 Å². The fourth-order valence-electron chi connectivity index (χ4n) is 2.31. The van der Waals surface area contributed by atoms with E-state index in [0.717, 1.165) is 11.3 Å². The molecule has 3 aromatic rings. The lowest BCUT2D eigenvalue weighted by Crippen LogP contribution is -2.21. The molecule has 1 N–H and O–H groups in total. The molecular formula is C17H14N2O3. The predicted octanol–water partition coefficient (Wildman–Crippen LogP) is 3.06. The summed E-state index contributed by atoms with van der Waals surface area (Å²) in [5, 5.41) is 3.33. The van der Waals surface area contributed by atoms with Crippen LogP contribution in [0.1, 0.15) is 21.6 Å². The van der Waals surface area contributed by atoms with Crippen molar-refractivity contribution < 1.29 is 9.21 Å². The number of hydrogen-bond acceptors (Lipinski definition) is 4. The fourth-order valence-corrected chi connectivity index (χ4v) is 2.31. The van der Waals surface area contributed by atoms with Crippen LogP contribution in [0, 0.1) is 13.8 Å². The van der Waals surface area contributed by atoms with Gasteiger partial charge in [0.25, 0.3) is 5.91 Å². The SMILES string of the molecule is Cc1cc(C)nc(NC(=O)c2cc3ccccc3oc2=O)c1. The molecule has 3 rings (SSSR count). The van der Waals surface area contributed by atoms with Gasteiger partial charge in [0.05, 0.1) is 0 Å². The number of benzene rings is 1. The van der Waals surface area contributed by atoms with Gasteiger partial charge in [-0.05, 0) is 43.7 Å². The predicted molar refractivity (Wildman–Crippen MR) is 84.1 cm³/mol. The number of para-hydroxylation sites is 1. The van der Waals surface area contributed by atoms with Crippen molar-refractivity contribution >= 4 is 22.7 Å². The summed E-state index contributed by atoms with van der Waals surface area (Å²) in [6, 6.07) is 12.2. The minimum atomic E-state index is -0.666. The zero-order valence-electron chi connectivity index (χ0n) is 12.2. The second-order valence-corrected chi connectivity index (χ2v) is 5.11. The van der Waals surface area contributed by atoms with Crippen molar-refractivity contribution in [3.8, 4) is 0 Å². The van der Waals surface area contributed by atoms with Gasteiger partial charge >= 0.3 is 5.63 Å². The van der Waals surface area contributed by atoms with Gasteiger partial charge < -0.3 is 9.73 Å². The Morgan fingerprint density at radius 2 is 1.91 bits per heavy atom. The summed E-state index contributed by atoms with van der Waals surface area (Å²) in [6.07, 6.45) is 0. The molecular weight excluding hydrogens is 280 g/mol. The Labute approximate surface area is 126 Å². The molecule has 0 aliphatic heterocycles. The smallest absolute Gasteiger partial charge is 0.349 e. The lowest BCUT2D eigenvalue weighted by Gasteiger charge is -2.06. The molecule has 2 heterocycles. The van der Waals surface area contributed by atoms with Crippen molar-refractivity contribution in [2.45, 2.75) is 13.8 Å². The van der Waals surface area contributed by atoms with E-state index in [0.29, 0.717) is 16.8 Å². The van der Waals surface area contributed by atoms with E-state index in [-0.39, 0.29) is 5.56 Å². The van der Waals surface area contributed by atoms with Gasteiger partial charge in [0, 0.05) is 11.1 Å². The van der Waals surface area contributed by atoms with Crippen LogP contribution in [0.2, 0.25) is 0 Å². The number of amides is 1. The number of nitrogens with one attached hydrogen (secondary N) is 1. The fraction of sp³-hybridized carbons (Fsp3) is 0.118. The normalized spacial score (nSPS) is 10.6. The van der Waals surface area contributed by atoms with Crippen molar-refractivity contribution in [3.05, 3.63) is 69.7 Å². The monoisotopic (exact) mass is 294 g/mol. The van der Waals surface area contributed by atoms with Crippen molar-refractivity contribution in [1.29, 1.82) is 0 Å². The first-order valence-electron chi connectivity index (χ1n) is 6.82. The van der Waals surface area contributed by atoms with Crippen molar-refractivity contribution in [3.63, 3.8) is 0 Å². The quantitative estimate of drug-likeness (QED) is 0.737. The molecule has 0 radical (unpaired) electrons. The number of aryl methyl sites for hydroxylation is 2. The third-order valence-corrected chi connectivity index (χ3v) is 3.23. The van der Waals surface area contributed by atoms with E-state index < -0.39 is 11.5 Å². The highest BCUT2D eigenvalue weighted by atomic mass is 16.4. The highest BCUT2D eigenvalue weighted by Gasteiger charge is 2.14. The van der Waals surface area contributed by atoms with Crippen molar-refractivity contribution in [1.82, 2.24) is 4.98 Å².